The SMILES string of the molecule is Cc1nnc(SCC(=O)c2ccc(O)cc2O)o1. The number of aromatic nitrogens is 2. The summed E-state index contributed by atoms with van der Waals surface area (Å²) in [6.45, 7) is 1.66. The van der Waals surface area contributed by atoms with Crippen molar-refractivity contribution in [2.45, 2.75) is 12.1 Å². The van der Waals surface area contributed by atoms with Gasteiger partial charge in [-0.3, -0.25) is 4.79 Å². The summed E-state index contributed by atoms with van der Waals surface area (Å²) in [4.78, 5) is 11.8. The van der Waals surface area contributed by atoms with Crippen LogP contribution in [0.2, 0.25) is 0 Å². The molecular weight excluding hydrogens is 256 g/mol. The van der Waals surface area contributed by atoms with Gasteiger partial charge < -0.3 is 14.6 Å². The number of hydrogen-bond acceptors (Lipinski definition) is 7. The van der Waals surface area contributed by atoms with Crippen LogP contribution < -0.4 is 0 Å². The van der Waals surface area contributed by atoms with Crippen LogP contribution in [0.3, 0.4) is 0 Å². The number of rotatable bonds is 4. The molecule has 0 aliphatic rings. The minimum absolute atomic E-state index is 0.0694. The largest absolute Gasteiger partial charge is 0.508 e. The number of carbonyl (C=O) groups is 1. The number of ketones is 1. The summed E-state index contributed by atoms with van der Waals surface area (Å²) < 4.78 is 5.11. The Kier molecular flexibility index (Phi) is 3.52. The maximum atomic E-state index is 11.8. The molecule has 0 fully saturated rings. The summed E-state index contributed by atoms with van der Waals surface area (Å²) in [7, 11) is 0. The first-order valence-electron chi connectivity index (χ1n) is 5.04. The van der Waals surface area contributed by atoms with Gasteiger partial charge in [-0.2, -0.15) is 0 Å². The lowest BCUT2D eigenvalue weighted by Gasteiger charge is -2.02. The molecule has 1 heterocycles. The van der Waals surface area contributed by atoms with Crippen molar-refractivity contribution in [3.8, 4) is 11.5 Å². The fourth-order valence-electron chi connectivity index (χ4n) is 1.30. The van der Waals surface area contributed by atoms with Crippen molar-refractivity contribution in [3.05, 3.63) is 29.7 Å². The number of nitrogens with zero attached hydrogens (tertiary/aromatic N) is 2. The van der Waals surface area contributed by atoms with E-state index in [0.29, 0.717) is 11.1 Å². The highest BCUT2D eigenvalue weighted by atomic mass is 32.2. The maximum absolute atomic E-state index is 11.8. The normalized spacial score (nSPS) is 10.5. The van der Waals surface area contributed by atoms with Crippen LogP contribution >= 0.6 is 11.8 Å². The van der Waals surface area contributed by atoms with Gasteiger partial charge in [0, 0.05) is 13.0 Å². The lowest BCUT2D eigenvalue weighted by atomic mass is 10.1. The van der Waals surface area contributed by atoms with Gasteiger partial charge in [0.15, 0.2) is 5.78 Å². The molecule has 0 spiro atoms. The van der Waals surface area contributed by atoms with Gasteiger partial charge in [0.25, 0.3) is 5.22 Å². The average Bonchev–Trinajstić information content (AvgIpc) is 2.72. The lowest BCUT2D eigenvalue weighted by molar-refractivity contribution is 0.101. The van der Waals surface area contributed by atoms with E-state index in [1.165, 1.54) is 12.1 Å². The molecule has 0 aliphatic carbocycles. The standard InChI is InChI=1S/C11H10N2O4S/c1-6-12-13-11(17-6)18-5-10(16)8-3-2-7(14)4-9(8)15/h2-4,14-15H,5H2,1H3. The van der Waals surface area contributed by atoms with E-state index in [0.717, 1.165) is 17.8 Å². The molecule has 2 rings (SSSR count). The Bertz CT molecular complexity index is 582. The van der Waals surface area contributed by atoms with Gasteiger partial charge in [0.1, 0.15) is 11.5 Å². The number of aromatic hydroxyl groups is 2. The number of phenolic OH excluding ortho intramolecular Hbond substituents is 2. The average molecular weight is 266 g/mol. The number of hydrogen-bond donors (Lipinski definition) is 2. The van der Waals surface area contributed by atoms with Crippen LogP contribution in [0.5, 0.6) is 11.5 Å². The van der Waals surface area contributed by atoms with Crippen molar-refractivity contribution in [3.63, 3.8) is 0 Å². The molecule has 0 aliphatic heterocycles. The van der Waals surface area contributed by atoms with Crippen LogP contribution in [0, 0.1) is 6.92 Å². The molecular formula is C11H10N2O4S. The van der Waals surface area contributed by atoms with Crippen molar-refractivity contribution in [1.29, 1.82) is 0 Å². The van der Waals surface area contributed by atoms with Gasteiger partial charge in [-0.05, 0) is 12.1 Å². The summed E-state index contributed by atoms with van der Waals surface area (Å²) in [5.41, 5.74) is 0.150. The van der Waals surface area contributed by atoms with Gasteiger partial charge >= 0.3 is 0 Å². The first kappa shape index (κ1) is 12.4. The Morgan fingerprint density at radius 3 is 2.78 bits per heavy atom. The first-order valence-corrected chi connectivity index (χ1v) is 6.03. The minimum atomic E-state index is -0.284. The van der Waals surface area contributed by atoms with E-state index in [-0.39, 0.29) is 28.6 Å². The van der Waals surface area contributed by atoms with E-state index in [1.54, 1.807) is 6.92 Å². The predicted molar refractivity (Wildman–Crippen MR) is 63.9 cm³/mol. The Labute approximate surface area is 107 Å². The molecule has 94 valence electrons. The van der Waals surface area contributed by atoms with E-state index in [2.05, 4.69) is 10.2 Å². The molecule has 0 amide bonds. The molecule has 0 bridgehead atoms. The van der Waals surface area contributed by atoms with Crippen molar-refractivity contribution in [2.24, 2.45) is 0 Å². The highest BCUT2D eigenvalue weighted by molar-refractivity contribution is 7.99. The fraction of sp³-hybridized carbons (Fsp3) is 0.182. The van der Waals surface area contributed by atoms with Crippen molar-refractivity contribution in [1.82, 2.24) is 10.2 Å². The van der Waals surface area contributed by atoms with E-state index in [9.17, 15) is 9.90 Å². The molecule has 0 radical (unpaired) electrons. The van der Waals surface area contributed by atoms with Crippen LogP contribution in [-0.4, -0.2) is 31.9 Å². The van der Waals surface area contributed by atoms with Gasteiger partial charge in [0.2, 0.25) is 5.89 Å². The van der Waals surface area contributed by atoms with Crippen LogP contribution in [0.25, 0.3) is 0 Å². The first-order chi connectivity index (χ1) is 8.56. The monoisotopic (exact) mass is 266 g/mol. The Hall–Kier alpha value is -2.02. The zero-order chi connectivity index (χ0) is 13.1. The summed E-state index contributed by atoms with van der Waals surface area (Å²) in [6, 6.07) is 3.83. The van der Waals surface area contributed by atoms with Crippen LogP contribution in [-0.2, 0) is 0 Å². The zero-order valence-electron chi connectivity index (χ0n) is 9.45. The molecule has 0 unspecified atom stereocenters. The molecule has 0 atom stereocenters. The fourth-order valence-corrected chi connectivity index (χ4v) is 1.99. The third kappa shape index (κ3) is 2.80. The Morgan fingerprint density at radius 2 is 2.17 bits per heavy atom. The van der Waals surface area contributed by atoms with Crippen molar-refractivity contribution >= 4 is 17.5 Å². The quantitative estimate of drug-likeness (QED) is 0.643. The molecule has 7 heteroatoms. The molecule has 0 saturated heterocycles. The molecule has 1 aromatic heterocycles. The van der Waals surface area contributed by atoms with Crippen LogP contribution in [0.1, 0.15) is 16.2 Å². The van der Waals surface area contributed by atoms with Crippen LogP contribution in [0.15, 0.2) is 27.8 Å². The summed E-state index contributed by atoms with van der Waals surface area (Å²) in [6.07, 6.45) is 0. The highest BCUT2D eigenvalue weighted by Crippen LogP contribution is 2.25. The number of thioether (sulfide) groups is 1. The number of aryl methyl sites for hydroxylation is 1. The van der Waals surface area contributed by atoms with Gasteiger partial charge in [-0.25, -0.2) is 0 Å². The second-order valence-corrected chi connectivity index (χ2v) is 4.43. The molecule has 0 saturated carbocycles. The predicted octanol–water partition coefficient (Wildman–Crippen LogP) is 1.76. The molecule has 2 N–H and O–H groups in total. The van der Waals surface area contributed by atoms with Crippen molar-refractivity contribution < 1.29 is 19.4 Å². The molecule has 6 nitrogen and oxygen atoms in total. The number of benzene rings is 1. The summed E-state index contributed by atoms with van der Waals surface area (Å²) >= 11 is 1.09. The van der Waals surface area contributed by atoms with E-state index >= 15 is 0 Å². The van der Waals surface area contributed by atoms with Crippen LogP contribution in [0.4, 0.5) is 0 Å². The zero-order valence-corrected chi connectivity index (χ0v) is 10.3. The van der Waals surface area contributed by atoms with Crippen molar-refractivity contribution in [2.75, 3.05) is 5.75 Å². The second kappa shape index (κ2) is 5.09. The smallest absolute Gasteiger partial charge is 0.277 e. The number of phenols is 2. The van der Waals surface area contributed by atoms with Gasteiger partial charge in [0.05, 0.1) is 11.3 Å². The minimum Gasteiger partial charge on any atom is -0.508 e. The van der Waals surface area contributed by atoms with E-state index < -0.39 is 0 Å². The van der Waals surface area contributed by atoms with E-state index in [4.69, 9.17) is 9.52 Å². The third-order valence-corrected chi connectivity index (χ3v) is 2.93. The molecule has 1 aromatic carbocycles. The second-order valence-electron chi connectivity index (χ2n) is 3.50. The Balaban J connectivity index is 2.03. The van der Waals surface area contributed by atoms with E-state index in [1.807, 2.05) is 0 Å². The lowest BCUT2D eigenvalue weighted by Crippen LogP contribution is -2.02. The summed E-state index contributed by atoms with van der Waals surface area (Å²) in [5, 5.41) is 26.3. The summed E-state index contributed by atoms with van der Waals surface area (Å²) in [5.74, 6) is -0.128. The topological polar surface area (TPSA) is 96.5 Å². The number of carbonyl (C=O) groups excluding carboxylic acids is 1. The molecule has 18 heavy (non-hydrogen) atoms. The van der Waals surface area contributed by atoms with Gasteiger partial charge in [-0.1, -0.05) is 11.8 Å². The third-order valence-electron chi connectivity index (χ3n) is 2.12. The highest BCUT2D eigenvalue weighted by Gasteiger charge is 2.14. The van der Waals surface area contributed by atoms with Gasteiger partial charge in [-0.15, -0.1) is 10.2 Å². The maximum Gasteiger partial charge on any atom is 0.277 e. The molecule has 2 aromatic rings. The number of Topliss-reactive ketones (excluding diaryl/α,β-unsaturated/α-hetero) is 1. The Morgan fingerprint density at radius 1 is 1.39 bits per heavy atom.